The fourth-order valence-electron chi connectivity index (χ4n) is 12.8. The van der Waals surface area contributed by atoms with E-state index in [1.165, 1.54) is 86.6 Å². The number of hydrogen-bond acceptors (Lipinski definition) is 5. The topological polar surface area (TPSA) is 54.5 Å². The summed E-state index contributed by atoms with van der Waals surface area (Å²) in [6, 6.07) is 92.8. The molecule has 358 valence electrons. The lowest BCUT2D eigenvalue weighted by atomic mass is 9.67. The van der Waals surface area contributed by atoms with Gasteiger partial charge in [-0.3, -0.25) is 5.32 Å². The number of furan rings is 1. The van der Waals surface area contributed by atoms with E-state index < -0.39 is 5.41 Å². The van der Waals surface area contributed by atoms with Gasteiger partial charge in [-0.25, -0.2) is 4.99 Å². The summed E-state index contributed by atoms with van der Waals surface area (Å²) in [5.74, 6) is 0.806. The molecule has 0 bridgehead atoms. The van der Waals surface area contributed by atoms with Crippen LogP contribution in [0, 0.1) is 0 Å². The van der Waals surface area contributed by atoms with Gasteiger partial charge < -0.3 is 14.3 Å². The van der Waals surface area contributed by atoms with Crippen molar-refractivity contribution in [2.75, 3.05) is 0 Å². The van der Waals surface area contributed by atoms with Gasteiger partial charge in [0.15, 0.2) is 0 Å². The molecule has 0 radical (unpaired) electrons. The molecule has 1 aliphatic heterocycles. The molecule has 11 aromatic carbocycles. The predicted molar refractivity (Wildman–Crippen MR) is 315 cm³/mol. The van der Waals surface area contributed by atoms with E-state index in [1.54, 1.807) is 0 Å². The highest BCUT2D eigenvalue weighted by atomic mass is 32.1. The SMILES string of the molecule is c1ccc(C2NC(c3ccc4c(c3)oc3ccc(-c5ccc6c(c5)sc5ccc(-n7c8ccccc8c8ccccc87)cc56)cc34)=NC(c3cccc4c3-c3ccccc3C4(c3ccccc3)c3ccccc3)N2)cc1. The van der Waals surface area contributed by atoms with E-state index in [0.717, 1.165) is 50.0 Å². The van der Waals surface area contributed by atoms with E-state index in [2.05, 4.69) is 270 Å². The molecule has 3 aromatic heterocycles. The Morgan fingerprint density at radius 3 is 1.87 bits per heavy atom. The normalized spacial score (nSPS) is 15.9. The Morgan fingerprint density at radius 1 is 0.447 bits per heavy atom. The van der Waals surface area contributed by atoms with E-state index >= 15 is 0 Å². The highest BCUT2D eigenvalue weighted by molar-refractivity contribution is 7.25. The van der Waals surface area contributed by atoms with Crippen molar-refractivity contribution in [2.24, 2.45) is 4.99 Å². The van der Waals surface area contributed by atoms with Gasteiger partial charge in [0.2, 0.25) is 0 Å². The first kappa shape index (κ1) is 43.1. The summed E-state index contributed by atoms with van der Waals surface area (Å²) in [6.45, 7) is 0. The molecule has 76 heavy (non-hydrogen) atoms. The van der Waals surface area contributed by atoms with Gasteiger partial charge in [0.05, 0.1) is 16.4 Å². The number of aliphatic imine (C=N–C) groups is 1. The van der Waals surface area contributed by atoms with Crippen molar-refractivity contribution in [3.63, 3.8) is 0 Å². The summed E-state index contributed by atoms with van der Waals surface area (Å²) in [4.78, 5) is 5.59. The number of nitrogens with zero attached hydrogens (tertiary/aromatic N) is 2. The zero-order valence-corrected chi connectivity index (χ0v) is 41.9. The number of para-hydroxylation sites is 2. The lowest BCUT2D eigenvalue weighted by Gasteiger charge is -2.35. The largest absolute Gasteiger partial charge is 0.456 e. The molecule has 6 heteroatoms. The van der Waals surface area contributed by atoms with Crippen LogP contribution in [0.4, 0.5) is 0 Å². The van der Waals surface area contributed by atoms with Crippen LogP contribution < -0.4 is 10.6 Å². The van der Waals surface area contributed by atoms with Crippen LogP contribution in [-0.4, -0.2) is 10.4 Å². The number of fused-ring (bicyclic) bond motifs is 12. The molecule has 16 rings (SSSR count). The second-order valence-corrected chi connectivity index (χ2v) is 21.3. The third-order valence-corrected chi connectivity index (χ3v) is 17.3. The second kappa shape index (κ2) is 16.8. The lowest BCUT2D eigenvalue weighted by Crippen LogP contribution is -2.45. The van der Waals surface area contributed by atoms with E-state index in [1.807, 2.05) is 11.3 Å². The van der Waals surface area contributed by atoms with Crippen molar-refractivity contribution >= 4 is 81.1 Å². The highest BCUT2D eigenvalue weighted by Gasteiger charge is 2.47. The van der Waals surface area contributed by atoms with Crippen LogP contribution in [-0.2, 0) is 5.41 Å². The number of hydrogen-bond donors (Lipinski definition) is 2. The molecule has 2 N–H and O–H groups in total. The van der Waals surface area contributed by atoms with Crippen molar-refractivity contribution in [3.8, 4) is 27.9 Å². The second-order valence-electron chi connectivity index (χ2n) is 20.2. The quantitative estimate of drug-likeness (QED) is 0.167. The molecular weight excluding hydrogens is 945 g/mol. The molecule has 0 amide bonds. The molecule has 5 nitrogen and oxygen atoms in total. The van der Waals surface area contributed by atoms with Crippen LogP contribution in [0.5, 0.6) is 0 Å². The Hall–Kier alpha value is -9.33. The van der Waals surface area contributed by atoms with Crippen molar-refractivity contribution < 1.29 is 4.42 Å². The Bertz CT molecular complexity index is 4570. The molecule has 2 unspecified atom stereocenters. The van der Waals surface area contributed by atoms with Crippen LogP contribution in [0.15, 0.2) is 264 Å². The van der Waals surface area contributed by atoms with Gasteiger partial charge in [0, 0.05) is 53.0 Å². The van der Waals surface area contributed by atoms with Crippen molar-refractivity contribution in [3.05, 3.63) is 294 Å². The van der Waals surface area contributed by atoms with Crippen molar-refractivity contribution in [2.45, 2.75) is 17.7 Å². The van der Waals surface area contributed by atoms with Gasteiger partial charge in [-0.2, -0.15) is 0 Å². The van der Waals surface area contributed by atoms with E-state index in [9.17, 15) is 0 Å². The minimum absolute atomic E-state index is 0.214. The smallest absolute Gasteiger partial charge is 0.136 e. The zero-order chi connectivity index (χ0) is 49.9. The molecule has 0 saturated heterocycles. The Balaban J connectivity index is 0.777. The molecule has 14 aromatic rings. The minimum Gasteiger partial charge on any atom is -0.456 e. The average molecular weight is 991 g/mol. The molecule has 1 aliphatic carbocycles. The predicted octanol–water partition coefficient (Wildman–Crippen LogP) is 17.4. The fourth-order valence-corrected chi connectivity index (χ4v) is 13.9. The van der Waals surface area contributed by atoms with Gasteiger partial charge in [0.1, 0.15) is 29.3 Å². The van der Waals surface area contributed by atoms with Crippen LogP contribution in [0.3, 0.4) is 0 Å². The number of rotatable bonds is 7. The van der Waals surface area contributed by atoms with Crippen LogP contribution in [0.2, 0.25) is 0 Å². The summed E-state index contributed by atoms with van der Waals surface area (Å²) in [7, 11) is 0. The molecule has 2 aliphatic rings. The molecule has 0 spiro atoms. The fraction of sp³-hybridized carbons (Fsp3) is 0.0429. The number of aromatic nitrogens is 1. The summed E-state index contributed by atoms with van der Waals surface area (Å²) < 4.78 is 11.7. The van der Waals surface area contributed by atoms with Gasteiger partial charge in [-0.1, -0.05) is 194 Å². The van der Waals surface area contributed by atoms with E-state index in [-0.39, 0.29) is 12.3 Å². The first-order valence-corrected chi connectivity index (χ1v) is 26.9. The van der Waals surface area contributed by atoms with Crippen LogP contribution in [0.1, 0.15) is 51.3 Å². The number of thiophene rings is 1. The van der Waals surface area contributed by atoms with Gasteiger partial charge in [-0.15, -0.1) is 11.3 Å². The van der Waals surface area contributed by atoms with Crippen LogP contribution in [0.25, 0.3) is 91.9 Å². The van der Waals surface area contributed by atoms with Gasteiger partial charge >= 0.3 is 0 Å². The third kappa shape index (κ3) is 6.45. The Labute approximate surface area is 442 Å². The van der Waals surface area contributed by atoms with Gasteiger partial charge in [0.25, 0.3) is 0 Å². The lowest BCUT2D eigenvalue weighted by molar-refractivity contribution is 0.409. The number of benzene rings is 11. The summed E-state index contributed by atoms with van der Waals surface area (Å²) in [5.41, 5.74) is 17.8. The maximum absolute atomic E-state index is 6.71. The van der Waals surface area contributed by atoms with Crippen LogP contribution >= 0.6 is 11.3 Å². The van der Waals surface area contributed by atoms with Gasteiger partial charge in [-0.05, 0) is 116 Å². The maximum atomic E-state index is 6.71. The standard InChI is InChI=1S/C70H46N4OS/c1-4-17-43(18-5-1)67-71-68(73-69(72-67)55-26-16-28-59-66(55)54-25-10-13-27-58(54)70(59,47-19-6-2-7-20-47)48-21-8-3-9-22-48)46-32-35-52-56-39-44(33-37-62(56)75-63(52)40-46)45-31-36-53-57-42-49(34-38-64(57)76-65(53)41-45)74-60-29-14-11-23-50(60)51-24-12-15-30-61(51)74/h1-42,67,69,72H,(H,71,73). The molecule has 2 atom stereocenters. The Kier molecular flexibility index (Phi) is 9.56. The molecule has 0 fully saturated rings. The zero-order valence-electron chi connectivity index (χ0n) is 41.1. The molecule has 4 heterocycles. The number of nitrogens with one attached hydrogen (secondary N) is 2. The van der Waals surface area contributed by atoms with E-state index in [0.29, 0.717) is 0 Å². The minimum atomic E-state index is -0.513. The number of amidine groups is 1. The Morgan fingerprint density at radius 2 is 1.09 bits per heavy atom. The molecule has 0 saturated carbocycles. The highest BCUT2D eigenvalue weighted by Crippen LogP contribution is 2.58. The third-order valence-electron chi connectivity index (χ3n) is 16.2. The van der Waals surface area contributed by atoms with E-state index in [4.69, 9.17) is 9.41 Å². The van der Waals surface area contributed by atoms with Crippen molar-refractivity contribution in [1.82, 2.24) is 15.2 Å². The summed E-state index contributed by atoms with van der Waals surface area (Å²) >= 11 is 1.86. The average Bonchev–Trinajstić information content (AvgIpc) is 4.28. The van der Waals surface area contributed by atoms with Crippen molar-refractivity contribution in [1.29, 1.82) is 0 Å². The maximum Gasteiger partial charge on any atom is 0.136 e. The first-order valence-electron chi connectivity index (χ1n) is 26.1. The first-order chi connectivity index (χ1) is 37.7. The summed E-state index contributed by atoms with van der Waals surface area (Å²) in [6.07, 6.45) is -0.588. The molecular formula is C70H46N4OS. The monoisotopic (exact) mass is 990 g/mol. The summed E-state index contributed by atoms with van der Waals surface area (Å²) in [5, 5.41) is 15.0.